The number of aromatic amines is 3. The lowest BCUT2D eigenvalue weighted by molar-refractivity contribution is -0.143. The third-order valence-electron chi connectivity index (χ3n) is 7.84. The van der Waals surface area contributed by atoms with Crippen LogP contribution >= 0.6 is 0 Å². The molecule has 0 radical (unpaired) electrons. The van der Waals surface area contributed by atoms with E-state index in [-0.39, 0.29) is 19.3 Å². The summed E-state index contributed by atoms with van der Waals surface area (Å²) in [5.74, 6) is -3.57. The number of carboxylic acids is 1. The molecule has 5 atom stereocenters. The summed E-state index contributed by atoms with van der Waals surface area (Å²) in [6.45, 7) is 1.30. The van der Waals surface area contributed by atoms with Crippen LogP contribution in [0.3, 0.4) is 0 Å². The molecule has 0 saturated carbocycles. The highest BCUT2D eigenvalue weighted by molar-refractivity contribution is 5.95. The van der Waals surface area contributed by atoms with E-state index in [0.29, 0.717) is 11.3 Å². The van der Waals surface area contributed by atoms with Crippen LogP contribution in [0.25, 0.3) is 21.8 Å². The molecule has 0 aliphatic carbocycles. The minimum atomic E-state index is -1.53. The molecule has 5 rings (SSSR count). The highest BCUT2D eigenvalue weighted by atomic mass is 16.4. The molecule has 0 bridgehead atoms. The number of carboxylic acid groups (broad SMARTS) is 1. The van der Waals surface area contributed by atoms with Crippen molar-refractivity contribution in [3.63, 3.8) is 0 Å². The van der Waals surface area contributed by atoms with E-state index in [0.717, 1.165) is 27.4 Å². The molecular formula is C32H36N8O6. The summed E-state index contributed by atoms with van der Waals surface area (Å²) >= 11 is 0. The minimum Gasteiger partial charge on any atom is -0.480 e. The summed E-state index contributed by atoms with van der Waals surface area (Å²) < 4.78 is 0. The molecule has 5 unspecified atom stereocenters. The smallest absolute Gasteiger partial charge is 0.326 e. The molecule has 3 aromatic heterocycles. The number of aliphatic hydroxyl groups is 1. The number of benzene rings is 2. The van der Waals surface area contributed by atoms with Gasteiger partial charge in [-0.3, -0.25) is 14.4 Å². The Morgan fingerprint density at radius 3 is 1.89 bits per heavy atom. The SMILES string of the molecule is CC(O)C(NC(=O)C(Cc1c[nH]c2ccccc12)NC(=O)C(N)Cc1cnc[nH]1)C(=O)NC(Cc1c[nH]c2ccccc12)C(=O)O. The maximum atomic E-state index is 13.7. The van der Waals surface area contributed by atoms with Gasteiger partial charge in [0.15, 0.2) is 0 Å². The molecule has 0 aliphatic rings. The second-order valence-corrected chi connectivity index (χ2v) is 11.2. The fourth-order valence-electron chi connectivity index (χ4n) is 5.38. The number of aromatic nitrogens is 4. The zero-order chi connectivity index (χ0) is 32.8. The van der Waals surface area contributed by atoms with Gasteiger partial charge in [0, 0.05) is 65.4 Å². The van der Waals surface area contributed by atoms with E-state index in [4.69, 9.17) is 5.73 Å². The number of nitrogens with one attached hydrogen (secondary N) is 6. The quantitative estimate of drug-likeness (QED) is 0.0845. The second-order valence-electron chi connectivity index (χ2n) is 11.2. The normalized spacial score (nSPS) is 14.7. The third-order valence-corrected chi connectivity index (χ3v) is 7.84. The van der Waals surface area contributed by atoms with E-state index < -0.39 is 54.0 Å². The highest BCUT2D eigenvalue weighted by Gasteiger charge is 2.33. The van der Waals surface area contributed by atoms with Crippen LogP contribution in [-0.2, 0) is 38.4 Å². The Labute approximate surface area is 263 Å². The van der Waals surface area contributed by atoms with Gasteiger partial charge in [0.05, 0.1) is 18.5 Å². The van der Waals surface area contributed by atoms with Crippen LogP contribution in [0.15, 0.2) is 73.4 Å². The van der Waals surface area contributed by atoms with Gasteiger partial charge in [-0.15, -0.1) is 0 Å². The topological polar surface area (TPSA) is 231 Å². The fraction of sp³-hybridized carbons (Fsp3) is 0.281. The van der Waals surface area contributed by atoms with Crippen LogP contribution in [0.2, 0.25) is 0 Å². The number of carbonyl (C=O) groups excluding carboxylic acids is 3. The van der Waals surface area contributed by atoms with E-state index in [2.05, 4.69) is 35.9 Å². The van der Waals surface area contributed by atoms with E-state index in [1.165, 1.54) is 19.4 Å². The second kappa shape index (κ2) is 14.1. The number of hydrogen-bond acceptors (Lipinski definition) is 7. The molecule has 14 heteroatoms. The van der Waals surface area contributed by atoms with Crippen LogP contribution in [0.4, 0.5) is 0 Å². The maximum absolute atomic E-state index is 13.7. The van der Waals surface area contributed by atoms with Crippen molar-refractivity contribution >= 4 is 45.5 Å². The largest absolute Gasteiger partial charge is 0.480 e. The van der Waals surface area contributed by atoms with Crippen LogP contribution in [-0.4, -0.2) is 84.1 Å². The van der Waals surface area contributed by atoms with Gasteiger partial charge < -0.3 is 46.8 Å². The van der Waals surface area contributed by atoms with Crippen molar-refractivity contribution in [2.45, 2.75) is 56.5 Å². The highest BCUT2D eigenvalue weighted by Crippen LogP contribution is 2.21. The van der Waals surface area contributed by atoms with Crippen molar-refractivity contribution in [2.24, 2.45) is 5.73 Å². The van der Waals surface area contributed by atoms with Crippen molar-refractivity contribution in [1.82, 2.24) is 35.9 Å². The van der Waals surface area contributed by atoms with Crippen molar-refractivity contribution < 1.29 is 29.4 Å². The first-order valence-electron chi connectivity index (χ1n) is 14.8. The zero-order valence-corrected chi connectivity index (χ0v) is 25.0. The number of nitrogens with two attached hydrogens (primary N) is 1. The third kappa shape index (κ3) is 7.42. The van der Waals surface area contributed by atoms with Crippen molar-refractivity contribution in [1.29, 1.82) is 0 Å². The average Bonchev–Trinajstić information content (AvgIpc) is 3.79. The van der Waals surface area contributed by atoms with Gasteiger partial charge in [-0.2, -0.15) is 0 Å². The average molecular weight is 629 g/mol. The van der Waals surface area contributed by atoms with Crippen molar-refractivity contribution in [3.05, 3.63) is 90.3 Å². The predicted molar refractivity (Wildman–Crippen MR) is 169 cm³/mol. The lowest BCUT2D eigenvalue weighted by atomic mass is 10.0. The number of imidazole rings is 1. The number of aliphatic carboxylic acids is 1. The van der Waals surface area contributed by atoms with Gasteiger partial charge in [-0.25, -0.2) is 9.78 Å². The first-order valence-corrected chi connectivity index (χ1v) is 14.8. The molecule has 0 spiro atoms. The van der Waals surface area contributed by atoms with E-state index >= 15 is 0 Å². The Balaban J connectivity index is 1.33. The number of nitrogens with zero attached hydrogens (tertiary/aromatic N) is 1. The molecule has 0 aliphatic heterocycles. The fourth-order valence-corrected chi connectivity index (χ4v) is 5.38. The monoisotopic (exact) mass is 628 g/mol. The van der Waals surface area contributed by atoms with Crippen molar-refractivity contribution in [3.8, 4) is 0 Å². The number of carbonyl (C=O) groups is 4. The summed E-state index contributed by atoms with van der Waals surface area (Å²) in [5, 5.41) is 29.7. The molecule has 3 amide bonds. The molecule has 3 heterocycles. The predicted octanol–water partition coefficient (Wildman–Crippen LogP) is 0.647. The van der Waals surface area contributed by atoms with Crippen LogP contribution in [0.1, 0.15) is 23.7 Å². The molecule has 14 nitrogen and oxygen atoms in total. The molecule has 5 aromatic rings. The number of fused-ring (bicyclic) bond motifs is 2. The van der Waals surface area contributed by atoms with Gasteiger partial charge in [0.2, 0.25) is 17.7 Å². The zero-order valence-electron chi connectivity index (χ0n) is 25.0. The van der Waals surface area contributed by atoms with Gasteiger partial charge in [0.1, 0.15) is 18.1 Å². The molecule has 0 fully saturated rings. The number of H-pyrrole nitrogens is 3. The van der Waals surface area contributed by atoms with E-state index in [9.17, 15) is 29.4 Å². The molecule has 2 aromatic carbocycles. The summed E-state index contributed by atoms with van der Waals surface area (Å²) in [5.41, 5.74) is 9.80. The van der Waals surface area contributed by atoms with Crippen LogP contribution in [0.5, 0.6) is 0 Å². The summed E-state index contributed by atoms with van der Waals surface area (Å²) in [7, 11) is 0. The maximum Gasteiger partial charge on any atom is 0.326 e. The first kappa shape index (κ1) is 31.9. The van der Waals surface area contributed by atoms with Gasteiger partial charge in [0.25, 0.3) is 0 Å². The molecule has 240 valence electrons. The lowest BCUT2D eigenvalue weighted by Crippen LogP contribution is -2.60. The number of aliphatic hydroxyl groups excluding tert-OH is 1. The summed E-state index contributed by atoms with van der Waals surface area (Å²) in [6.07, 6.45) is 5.13. The van der Waals surface area contributed by atoms with Crippen LogP contribution in [0, 0.1) is 0 Å². The standard InChI is InChI=1S/C32H36N8O6/c1-17(41)28(31(44)39-27(32(45)46)11-19-14-36-25-9-5-3-7-22(19)25)40-30(43)26(10-18-13-35-24-8-4-2-6-21(18)24)38-29(42)23(33)12-20-15-34-16-37-20/h2-9,13-17,23,26-28,35-36,41H,10-12,33H2,1H3,(H,34,37)(H,38,42)(H,39,44)(H,40,43)(H,45,46). The summed E-state index contributed by atoms with van der Waals surface area (Å²) in [4.78, 5) is 65.4. The Morgan fingerprint density at radius 2 is 1.35 bits per heavy atom. The van der Waals surface area contributed by atoms with E-state index in [1.54, 1.807) is 12.4 Å². The Bertz CT molecular complexity index is 1830. The first-order chi connectivity index (χ1) is 22.1. The molecule has 0 saturated heterocycles. The number of para-hydroxylation sites is 2. The Hall–Kier alpha value is -5.47. The van der Waals surface area contributed by atoms with E-state index in [1.807, 2.05) is 48.5 Å². The van der Waals surface area contributed by atoms with Gasteiger partial charge >= 0.3 is 5.97 Å². The molecular weight excluding hydrogens is 592 g/mol. The van der Waals surface area contributed by atoms with Crippen LogP contribution < -0.4 is 21.7 Å². The molecule has 10 N–H and O–H groups in total. The Morgan fingerprint density at radius 1 is 0.783 bits per heavy atom. The minimum absolute atomic E-state index is 0.0326. The van der Waals surface area contributed by atoms with Gasteiger partial charge in [-0.05, 0) is 30.2 Å². The number of hydrogen-bond donors (Lipinski definition) is 9. The molecule has 46 heavy (non-hydrogen) atoms. The Kier molecular flexibility index (Phi) is 9.79. The lowest BCUT2D eigenvalue weighted by Gasteiger charge is -2.26. The van der Waals surface area contributed by atoms with Crippen molar-refractivity contribution in [2.75, 3.05) is 0 Å². The number of amides is 3. The number of rotatable bonds is 14. The van der Waals surface area contributed by atoms with Gasteiger partial charge in [-0.1, -0.05) is 36.4 Å². The summed E-state index contributed by atoms with van der Waals surface area (Å²) in [6, 6.07) is 9.69.